The molecule has 1 aliphatic carbocycles. The molecule has 1 spiro atoms. The smallest absolute Gasteiger partial charge is 0.234 e. The number of carbonyl (C=O) groups excluding carboxylic acids is 1. The van der Waals surface area contributed by atoms with Gasteiger partial charge in [-0.05, 0) is 62.1 Å². The number of hydrogen-bond donors (Lipinski definition) is 1. The third kappa shape index (κ3) is 4.73. The summed E-state index contributed by atoms with van der Waals surface area (Å²) in [6.07, 6.45) is 5.15. The summed E-state index contributed by atoms with van der Waals surface area (Å²) in [6, 6.07) is 13.6. The minimum atomic E-state index is -0.450. The summed E-state index contributed by atoms with van der Waals surface area (Å²) in [5, 5.41) is 3.60. The molecule has 1 saturated carbocycles. The maximum atomic E-state index is 13.8. The quantitative estimate of drug-likeness (QED) is 0.728. The molecule has 0 unspecified atom stereocenters. The van der Waals surface area contributed by atoms with E-state index in [9.17, 15) is 9.18 Å². The molecule has 1 amide bonds. The van der Waals surface area contributed by atoms with Crippen molar-refractivity contribution in [1.82, 2.24) is 0 Å². The van der Waals surface area contributed by atoms with Crippen LogP contribution >= 0.6 is 11.8 Å². The highest BCUT2D eigenvalue weighted by atomic mass is 32.2. The van der Waals surface area contributed by atoms with E-state index in [4.69, 9.17) is 14.7 Å². The highest BCUT2D eigenvalue weighted by molar-refractivity contribution is 8.16. The molecule has 7 heteroatoms. The molecule has 0 aromatic heterocycles. The Morgan fingerprint density at radius 1 is 1.13 bits per heavy atom. The summed E-state index contributed by atoms with van der Waals surface area (Å²) >= 11 is 1.36. The number of halogens is 1. The van der Waals surface area contributed by atoms with Crippen LogP contribution in [0, 0.1) is 5.82 Å². The van der Waals surface area contributed by atoms with Crippen molar-refractivity contribution in [1.29, 1.82) is 0 Å². The van der Waals surface area contributed by atoms with Gasteiger partial charge in [-0.1, -0.05) is 30.3 Å². The van der Waals surface area contributed by atoms with Gasteiger partial charge in [0.1, 0.15) is 16.6 Å². The third-order valence-electron chi connectivity index (χ3n) is 5.30. The fourth-order valence-electron chi connectivity index (χ4n) is 3.79. The first kappa shape index (κ1) is 20.6. The van der Waals surface area contributed by atoms with Crippen molar-refractivity contribution in [3.8, 4) is 5.75 Å². The Bertz CT molecular complexity index is 982. The average molecular weight is 426 g/mol. The lowest BCUT2D eigenvalue weighted by Gasteiger charge is -2.27. The molecule has 0 saturated heterocycles. The number of methoxy groups -OCH3 is 1. The third-order valence-corrected chi connectivity index (χ3v) is 6.26. The Balaban J connectivity index is 1.48. The summed E-state index contributed by atoms with van der Waals surface area (Å²) in [4.78, 5) is 22.3. The first-order valence-corrected chi connectivity index (χ1v) is 11.1. The van der Waals surface area contributed by atoms with Gasteiger partial charge in [0.2, 0.25) is 5.91 Å². The number of ether oxygens (including phenoxy) is 1. The number of carbonyl (C=O) groups is 1. The van der Waals surface area contributed by atoms with Gasteiger partial charge in [0.25, 0.3) is 0 Å². The number of amides is 1. The molecule has 1 heterocycles. The normalized spacial score (nSPS) is 17.4. The first-order valence-electron chi connectivity index (χ1n) is 10.1. The molecule has 1 aliphatic heterocycles. The molecule has 1 N–H and O–H groups in total. The Labute approximate surface area is 179 Å². The Morgan fingerprint density at radius 2 is 1.90 bits per heavy atom. The summed E-state index contributed by atoms with van der Waals surface area (Å²) in [6.45, 7) is 0. The van der Waals surface area contributed by atoms with E-state index in [-0.39, 0.29) is 17.5 Å². The summed E-state index contributed by atoms with van der Waals surface area (Å²) in [5.74, 6) is 0.504. The van der Waals surface area contributed by atoms with Crippen LogP contribution in [0.4, 0.5) is 10.1 Å². The fraction of sp³-hybridized carbons (Fsp3) is 0.348. The molecule has 0 atom stereocenters. The highest BCUT2D eigenvalue weighted by Gasteiger charge is 2.37. The van der Waals surface area contributed by atoms with E-state index in [0.717, 1.165) is 31.4 Å². The fourth-order valence-corrected chi connectivity index (χ4v) is 4.67. The van der Waals surface area contributed by atoms with E-state index in [2.05, 4.69) is 5.32 Å². The van der Waals surface area contributed by atoms with Gasteiger partial charge in [-0.25, -0.2) is 9.38 Å². The first-order chi connectivity index (χ1) is 14.6. The molecule has 0 bridgehead atoms. The van der Waals surface area contributed by atoms with E-state index < -0.39 is 5.66 Å². The molecular weight excluding hydrogens is 401 g/mol. The predicted octanol–water partition coefficient (Wildman–Crippen LogP) is 5.07. The van der Waals surface area contributed by atoms with Crippen LogP contribution in [0.1, 0.15) is 37.7 Å². The van der Waals surface area contributed by atoms with Gasteiger partial charge >= 0.3 is 0 Å². The lowest BCUT2D eigenvalue weighted by Crippen LogP contribution is -2.25. The van der Waals surface area contributed by atoms with E-state index >= 15 is 0 Å². The highest BCUT2D eigenvalue weighted by Crippen LogP contribution is 2.38. The summed E-state index contributed by atoms with van der Waals surface area (Å²) in [7, 11) is 1.60. The van der Waals surface area contributed by atoms with Crippen molar-refractivity contribution in [3.63, 3.8) is 0 Å². The second-order valence-corrected chi connectivity index (χ2v) is 8.46. The maximum absolute atomic E-state index is 13.8. The molecule has 2 aromatic carbocycles. The van der Waals surface area contributed by atoms with Crippen molar-refractivity contribution < 1.29 is 13.9 Å². The average Bonchev–Trinajstić information content (AvgIpc) is 3.11. The topological polar surface area (TPSA) is 63.0 Å². The van der Waals surface area contributed by atoms with Crippen molar-refractivity contribution in [2.45, 2.75) is 37.8 Å². The second-order valence-electron chi connectivity index (χ2n) is 7.50. The van der Waals surface area contributed by atoms with Gasteiger partial charge < -0.3 is 10.1 Å². The van der Waals surface area contributed by atoms with Crippen molar-refractivity contribution in [3.05, 3.63) is 59.9 Å². The van der Waals surface area contributed by atoms with Crippen LogP contribution in [0.3, 0.4) is 0 Å². The maximum Gasteiger partial charge on any atom is 0.234 e. The van der Waals surface area contributed by atoms with Crippen LogP contribution in [0.15, 0.2) is 58.5 Å². The lowest BCUT2D eigenvalue weighted by atomic mass is 9.90. The van der Waals surface area contributed by atoms with Gasteiger partial charge in [-0.15, -0.1) is 0 Å². The number of nitrogens with zero attached hydrogens (tertiary/aromatic N) is 2. The number of aliphatic imine (C=N–C) groups is 2. The molecule has 2 aromatic rings. The standard InChI is InChI=1S/C23H24FN3O2S/c1-29-19-10-8-18(9-11-19)25-20(28)15-30-22-21(16-6-5-7-17(24)14-16)26-23(27-22)12-3-2-4-13-23/h5-11,14H,2-4,12-13,15H2,1H3,(H,25,28). The van der Waals surface area contributed by atoms with Crippen LogP contribution in [0.25, 0.3) is 0 Å². The van der Waals surface area contributed by atoms with E-state index in [0.29, 0.717) is 22.0 Å². The van der Waals surface area contributed by atoms with E-state index in [1.807, 2.05) is 6.07 Å². The van der Waals surface area contributed by atoms with E-state index in [1.54, 1.807) is 37.4 Å². The van der Waals surface area contributed by atoms with Crippen LogP contribution in [-0.2, 0) is 4.79 Å². The molecule has 0 radical (unpaired) electrons. The number of thioether (sulfide) groups is 1. The second kappa shape index (κ2) is 9.00. The number of rotatable bonds is 5. The van der Waals surface area contributed by atoms with Gasteiger partial charge in [0.15, 0.2) is 5.66 Å². The van der Waals surface area contributed by atoms with Gasteiger partial charge in [0, 0.05) is 11.3 Å². The zero-order chi connectivity index (χ0) is 21.0. The minimum absolute atomic E-state index is 0.129. The van der Waals surface area contributed by atoms with Crippen molar-refractivity contribution >= 4 is 34.1 Å². The Morgan fingerprint density at radius 3 is 2.60 bits per heavy atom. The van der Waals surface area contributed by atoms with Gasteiger partial charge in [-0.3, -0.25) is 9.79 Å². The lowest BCUT2D eigenvalue weighted by molar-refractivity contribution is -0.113. The zero-order valence-corrected chi connectivity index (χ0v) is 17.7. The van der Waals surface area contributed by atoms with Gasteiger partial charge in [-0.2, -0.15) is 0 Å². The van der Waals surface area contributed by atoms with Crippen LogP contribution in [0.2, 0.25) is 0 Å². The summed E-state index contributed by atoms with van der Waals surface area (Å²) < 4.78 is 19.0. The number of anilines is 1. The molecule has 5 nitrogen and oxygen atoms in total. The van der Waals surface area contributed by atoms with Crippen LogP contribution in [0.5, 0.6) is 5.75 Å². The van der Waals surface area contributed by atoms with Crippen LogP contribution in [-0.4, -0.2) is 35.2 Å². The summed E-state index contributed by atoms with van der Waals surface area (Å²) in [5.41, 5.74) is 1.66. The molecular formula is C23H24FN3O2S. The number of benzene rings is 2. The predicted molar refractivity (Wildman–Crippen MR) is 120 cm³/mol. The molecule has 30 heavy (non-hydrogen) atoms. The largest absolute Gasteiger partial charge is 0.497 e. The molecule has 1 fully saturated rings. The molecule has 2 aliphatic rings. The molecule has 156 valence electrons. The van der Waals surface area contributed by atoms with Crippen LogP contribution < -0.4 is 10.1 Å². The van der Waals surface area contributed by atoms with Crippen molar-refractivity contribution in [2.75, 3.05) is 18.2 Å². The number of hydrogen-bond acceptors (Lipinski definition) is 5. The van der Waals surface area contributed by atoms with Gasteiger partial charge in [0.05, 0.1) is 18.6 Å². The van der Waals surface area contributed by atoms with E-state index in [1.165, 1.54) is 30.3 Å². The SMILES string of the molecule is COc1ccc(NC(=O)CSC2=NC3(CCCCC3)N=C2c2cccc(F)c2)cc1. The minimum Gasteiger partial charge on any atom is -0.497 e. The zero-order valence-electron chi connectivity index (χ0n) is 16.9. The number of nitrogens with one attached hydrogen (secondary N) is 1. The Hall–Kier alpha value is -2.67. The Kier molecular flexibility index (Phi) is 6.18. The monoisotopic (exact) mass is 425 g/mol. The van der Waals surface area contributed by atoms with Crippen molar-refractivity contribution in [2.24, 2.45) is 9.98 Å². The molecule has 4 rings (SSSR count).